The zero-order valence-corrected chi connectivity index (χ0v) is 11.6. The molecule has 0 radical (unpaired) electrons. The van der Waals surface area contributed by atoms with Gasteiger partial charge in [0.1, 0.15) is 22.5 Å². The van der Waals surface area contributed by atoms with Crippen LogP contribution in [0.4, 0.5) is 4.39 Å². The van der Waals surface area contributed by atoms with Crippen LogP contribution in [0.5, 0.6) is 0 Å². The van der Waals surface area contributed by atoms with Gasteiger partial charge in [0.15, 0.2) is 0 Å². The Labute approximate surface area is 117 Å². The van der Waals surface area contributed by atoms with Gasteiger partial charge in [0.05, 0.1) is 0 Å². The van der Waals surface area contributed by atoms with Crippen molar-refractivity contribution in [2.75, 3.05) is 0 Å². The number of benzene rings is 1. The van der Waals surface area contributed by atoms with Crippen LogP contribution < -0.4 is 11.2 Å². The third-order valence-electron chi connectivity index (χ3n) is 2.75. The molecule has 5 nitrogen and oxygen atoms in total. The van der Waals surface area contributed by atoms with Crippen molar-refractivity contribution in [1.82, 2.24) is 9.13 Å². The highest BCUT2D eigenvalue weighted by Gasteiger charge is 2.16. The molecule has 0 fully saturated rings. The Bertz CT molecular complexity index is 816. The van der Waals surface area contributed by atoms with Crippen molar-refractivity contribution >= 4 is 11.8 Å². The molecule has 0 aliphatic rings. The molecular weight excluding hydrogens is 281 g/mol. The van der Waals surface area contributed by atoms with Gasteiger partial charge in [0, 0.05) is 19.0 Å². The van der Waals surface area contributed by atoms with E-state index in [1.165, 1.54) is 42.9 Å². The molecule has 0 N–H and O–H groups in total. The van der Waals surface area contributed by atoms with Crippen LogP contribution in [0.25, 0.3) is 0 Å². The second-order valence-corrected chi connectivity index (χ2v) is 5.12. The van der Waals surface area contributed by atoms with Crippen LogP contribution in [0.1, 0.15) is 5.56 Å². The van der Waals surface area contributed by atoms with E-state index in [1.807, 2.05) is 6.07 Å². The van der Waals surface area contributed by atoms with Gasteiger partial charge in [-0.2, -0.15) is 5.26 Å². The molecular formula is C13H10FN3O2S. The molecule has 0 atom stereocenters. The lowest BCUT2D eigenvalue weighted by atomic mass is 10.3. The van der Waals surface area contributed by atoms with E-state index < -0.39 is 11.2 Å². The van der Waals surface area contributed by atoms with Crippen molar-refractivity contribution < 1.29 is 4.39 Å². The Morgan fingerprint density at radius 1 is 1.15 bits per heavy atom. The molecule has 1 heterocycles. The van der Waals surface area contributed by atoms with Crippen molar-refractivity contribution in [3.8, 4) is 6.07 Å². The summed E-state index contributed by atoms with van der Waals surface area (Å²) < 4.78 is 15.0. The molecule has 0 aliphatic carbocycles. The number of hydrogen-bond acceptors (Lipinski definition) is 4. The highest BCUT2D eigenvalue weighted by atomic mass is 32.2. The van der Waals surface area contributed by atoms with Gasteiger partial charge in [-0.15, -0.1) is 0 Å². The van der Waals surface area contributed by atoms with Crippen molar-refractivity contribution in [3.63, 3.8) is 0 Å². The predicted molar refractivity (Wildman–Crippen MR) is 72.2 cm³/mol. The number of halogens is 1. The zero-order valence-electron chi connectivity index (χ0n) is 10.8. The summed E-state index contributed by atoms with van der Waals surface area (Å²) in [7, 11) is 2.80. The summed E-state index contributed by atoms with van der Waals surface area (Å²) in [6.45, 7) is 0. The van der Waals surface area contributed by atoms with Crippen LogP contribution in [0.15, 0.2) is 43.8 Å². The highest BCUT2D eigenvalue weighted by Crippen LogP contribution is 2.27. The predicted octanol–water partition coefficient (Wildman–Crippen LogP) is 1.25. The highest BCUT2D eigenvalue weighted by molar-refractivity contribution is 7.99. The van der Waals surface area contributed by atoms with E-state index >= 15 is 0 Å². The fraction of sp³-hybridized carbons (Fsp3) is 0.154. The quantitative estimate of drug-likeness (QED) is 0.781. The van der Waals surface area contributed by atoms with Gasteiger partial charge in [0.2, 0.25) is 0 Å². The minimum Gasteiger partial charge on any atom is -0.290 e. The normalized spacial score (nSPS) is 10.3. The lowest BCUT2D eigenvalue weighted by Crippen LogP contribution is -2.39. The van der Waals surface area contributed by atoms with E-state index in [0.717, 1.165) is 16.3 Å². The molecule has 0 saturated heterocycles. The molecule has 0 aliphatic heterocycles. The summed E-state index contributed by atoms with van der Waals surface area (Å²) >= 11 is 1.07. The molecule has 20 heavy (non-hydrogen) atoms. The number of aromatic nitrogens is 2. The molecule has 0 bridgehead atoms. The Morgan fingerprint density at radius 2 is 1.75 bits per heavy atom. The smallest absolute Gasteiger partial charge is 0.290 e. The minimum absolute atomic E-state index is 0.107. The fourth-order valence-electron chi connectivity index (χ4n) is 1.66. The van der Waals surface area contributed by atoms with Gasteiger partial charge >= 0.3 is 5.69 Å². The van der Waals surface area contributed by atoms with Crippen molar-refractivity contribution in [2.45, 2.75) is 9.92 Å². The van der Waals surface area contributed by atoms with Crippen molar-refractivity contribution in [2.24, 2.45) is 14.1 Å². The average molecular weight is 291 g/mol. The van der Waals surface area contributed by atoms with E-state index in [-0.39, 0.29) is 16.4 Å². The summed E-state index contributed by atoms with van der Waals surface area (Å²) in [5.41, 5.74) is -1.26. The van der Waals surface area contributed by atoms with Crippen LogP contribution in [-0.4, -0.2) is 9.13 Å². The number of nitriles is 1. The van der Waals surface area contributed by atoms with E-state index in [0.29, 0.717) is 4.90 Å². The molecule has 0 spiro atoms. The van der Waals surface area contributed by atoms with Crippen molar-refractivity contribution in [1.29, 1.82) is 5.26 Å². The molecule has 7 heteroatoms. The SMILES string of the molecule is Cn1c(Sc2ccc(F)cc2)c(C#N)c(=O)n(C)c1=O. The number of rotatable bonds is 2. The molecule has 2 aromatic rings. The number of nitrogens with zero attached hydrogens (tertiary/aromatic N) is 3. The maximum Gasteiger partial charge on any atom is 0.331 e. The second kappa shape index (κ2) is 5.35. The van der Waals surface area contributed by atoms with Gasteiger partial charge < -0.3 is 0 Å². The second-order valence-electron chi connectivity index (χ2n) is 4.05. The van der Waals surface area contributed by atoms with Crippen LogP contribution in [0, 0.1) is 17.1 Å². The standard InChI is InChI=1S/C13H10FN3O2S/c1-16-11(18)10(7-15)12(17(2)13(16)19)20-9-5-3-8(14)4-6-9/h3-6H,1-2H3. The molecule has 2 rings (SSSR count). The van der Waals surface area contributed by atoms with Crippen LogP contribution >= 0.6 is 11.8 Å². The van der Waals surface area contributed by atoms with Gasteiger partial charge in [-0.05, 0) is 24.3 Å². The minimum atomic E-state index is -0.639. The average Bonchev–Trinajstić information content (AvgIpc) is 2.45. The first-order valence-corrected chi connectivity index (χ1v) is 6.41. The van der Waals surface area contributed by atoms with Gasteiger partial charge in [0.25, 0.3) is 5.56 Å². The van der Waals surface area contributed by atoms with E-state index in [2.05, 4.69) is 0 Å². The Hall–Kier alpha value is -2.33. The third kappa shape index (κ3) is 2.38. The molecule has 1 aromatic carbocycles. The molecule has 102 valence electrons. The summed E-state index contributed by atoms with van der Waals surface area (Å²) in [6.07, 6.45) is 0. The van der Waals surface area contributed by atoms with Gasteiger partial charge in [-0.3, -0.25) is 13.9 Å². The van der Waals surface area contributed by atoms with Gasteiger partial charge in [-0.1, -0.05) is 11.8 Å². The van der Waals surface area contributed by atoms with Crippen LogP contribution in [0.2, 0.25) is 0 Å². The largest absolute Gasteiger partial charge is 0.331 e. The van der Waals surface area contributed by atoms with E-state index in [9.17, 15) is 14.0 Å². The Balaban J connectivity index is 2.63. The van der Waals surface area contributed by atoms with Crippen molar-refractivity contribution in [3.05, 3.63) is 56.5 Å². The summed E-state index contributed by atoms with van der Waals surface area (Å²) in [5.74, 6) is -0.382. The lowest BCUT2D eigenvalue weighted by molar-refractivity contribution is 0.626. The maximum atomic E-state index is 12.9. The molecule has 1 aromatic heterocycles. The lowest BCUT2D eigenvalue weighted by Gasteiger charge is -2.10. The van der Waals surface area contributed by atoms with Gasteiger partial charge in [-0.25, -0.2) is 9.18 Å². The Kier molecular flexibility index (Phi) is 3.77. The first-order valence-electron chi connectivity index (χ1n) is 5.59. The topological polar surface area (TPSA) is 67.8 Å². The van der Waals surface area contributed by atoms with Crippen LogP contribution in [-0.2, 0) is 14.1 Å². The fourth-order valence-corrected chi connectivity index (χ4v) is 2.60. The third-order valence-corrected chi connectivity index (χ3v) is 3.93. The first-order chi connectivity index (χ1) is 9.45. The summed E-state index contributed by atoms with van der Waals surface area (Å²) in [5, 5.41) is 9.35. The molecule has 0 amide bonds. The monoisotopic (exact) mass is 291 g/mol. The molecule has 0 unspecified atom stereocenters. The number of hydrogen-bond donors (Lipinski definition) is 0. The summed E-state index contributed by atoms with van der Waals surface area (Å²) in [4.78, 5) is 24.4. The van der Waals surface area contributed by atoms with E-state index in [4.69, 9.17) is 5.26 Å². The Morgan fingerprint density at radius 3 is 2.30 bits per heavy atom. The zero-order chi connectivity index (χ0) is 14.9. The maximum absolute atomic E-state index is 12.9. The molecule has 0 saturated carbocycles. The first kappa shape index (κ1) is 14.1. The van der Waals surface area contributed by atoms with E-state index in [1.54, 1.807) is 0 Å². The van der Waals surface area contributed by atoms with Crippen LogP contribution in [0.3, 0.4) is 0 Å². The summed E-state index contributed by atoms with van der Waals surface area (Å²) in [6, 6.07) is 7.39.